The molecular formula is C40H50N2O4. The van der Waals surface area contributed by atoms with E-state index in [-0.39, 0.29) is 11.3 Å². The van der Waals surface area contributed by atoms with Crippen molar-refractivity contribution in [3.8, 4) is 0 Å². The SMILES string of the molecule is CCC(Cc1ccc(C)cc1)(Cc1ccc(N2CCOCC2)cc1)N(C)C.COC(OC)(C(=O)c1ccccc1)c1ccccc1. The van der Waals surface area contributed by atoms with Crippen molar-refractivity contribution in [2.45, 2.75) is 44.4 Å². The summed E-state index contributed by atoms with van der Waals surface area (Å²) >= 11 is 0. The maximum atomic E-state index is 12.7. The summed E-state index contributed by atoms with van der Waals surface area (Å²) in [5, 5.41) is 0. The lowest BCUT2D eigenvalue weighted by Crippen LogP contribution is -2.47. The van der Waals surface area contributed by atoms with Gasteiger partial charge in [0.1, 0.15) is 0 Å². The first-order valence-corrected chi connectivity index (χ1v) is 16.2. The molecule has 1 atom stereocenters. The molecule has 0 spiro atoms. The molecule has 1 aliphatic rings. The third-order valence-electron chi connectivity index (χ3n) is 9.17. The van der Waals surface area contributed by atoms with Crippen molar-refractivity contribution in [2.24, 2.45) is 0 Å². The van der Waals surface area contributed by atoms with Gasteiger partial charge in [0.25, 0.3) is 5.79 Å². The third kappa shape index (κ3) is 8.51. The first-order valence-electron chi connectivity index (χ1n) is 16.2. The summed E-state index contributed by atoms with van der Waals surface area (Å²) in [6.07, 6.45) is 3.26. The van der Waals surface area contributed by atoms with Crippen LogP contribution in [0, 0.1) is 6.92 Å². The summed E-state index contributed by atoms with van der Waals surface area (Å²) < 4.78 is 16.3. The molecule has 4 aromatic carbocycles. The number of ether oxygens (including phenoxy) is 3. The zero-order valence-corrected chi connectivity index (χ0v) is 28.4. The molecule has 1 heterocycles. The summed E-state index contributed by atoms with van der Waals surface area (Å²) in [5.41, 5.74) is 6.83. The first-order chi connectivity index (χ1) is 22.3. The van der Waals surface area contributed by atoms with Gasteiger partial charge in [0.15, 0.2) is 0 Å². The molecular weight excluding hydrogens is 572 g/mol. The van der Waals surface area contributed by atoms with Gasteiger partial charge in [-0.3, -0.25) is 4.79 Å². The van der Waals surface area contributed by atoms with Crippen LogP contribution in [0.1, 0.15) is 46.0 Å². The molecule has 4 aromatic rings. The third-order valence-corrected chi connectivity index (χ3v) is 9.17. The molecule has 0 aliphatic carbocycles. The van der Waals surface area contributed by atoms with E-state index in [0.717, 1.165) is 45.6 Å². The van der Waals surface area contributed by atoms with E-state index in [1.54, 1.807) is 12.1 Å². The average molecular weight is 623 g/mol. The minimum atomic E-state index is -1.40. The molecule has 1 fully saturated rings. The number of carbonyl (C=O) groups is 1. The normalized spacial score (nSPS) is 14.7. The number of nitrogens with zero attached hydrogens (tertiary/aromatic N) is 2. The second-order valence-corrected chi connectivity index (χ2v) is 12.2. The number of carbonyl (C=O) groups excluding carboxylic acids is 1. The Labute approximate surface area is 275 Å². The number of Topliss-reactive ketones (excluding diaryl/α,β-unsaturated/α-hetero) is 1. The van der Waals surface area contributed by atoms with Gasteiger partial charge in [-0.25, -0.2) is 0 Å². The van der Waals surface area contributed by atoms with Gasteiger partial charge in [0, 0.05) is 49.7 Å². The number of rotatable bonds is 12. The summed E-state index contributed by atoms with van der Waals surface area (Å²) in [7, 11) is 7.38. The fourth-order valence-corrected chi connectivity index (χ4v) is 6.13. The predicted molar refractivity (Wildman–Crippen MR) is 188 cm³/mol. The monoisotopic (exact) mass is 622 g/mol. The number of ketones is 1. The average Bonchev–Trinajstić information content (AvgIpc) is 3.11. The van der Waals surface area contributed by atoms with Gasteiger partial charge >= 0.3 is 0 Å². The second kappa shape index (κ2) is 16.7. The van der Waals surface area contributed by atoms with E-state index in [4.69, 9.17) is 14.2 Å². The van der Waals surface area contributed by atoms with Crippen molar-refractivity contribution >= 4 is 11.5 Å². The molecule has 244 valence electrons. The Morgan fingerprint density at radius 1 is 0.761 bits per heavy atom. The maximum absolute atomic E-state index is 12.7. The molecule has 1 unspecified atom stereocenters. The number of likely N-dealkylation sites (N-methyl/N-ethyl adjacent to an activating group) is 1. The lowest BCUT2D eigenvalue weighted by molar-refractivity contribution is -0.176. The molecule has 1 saturated heterocycles. The van der Waals surface area contributed by atoms with Gasteiger partial charge in [-0.2, -0.15) is 0 Å². The number of benzene rings is 4. The van der Waals surface area contributed by atoms with E-state index in [9.17, 15) is 4.79 Å². The zero-order valence-electron chi connectivity index (χ0n) is 28.4. The van der Waals surface area contributed by atoms with Crippen LogP contribution >= 0.6 is 0 Å². The molecule has 0 amide bonds. The van der Waals surface area contributed by atoms with Crippen molar-refractivity contribution < 1.29 is 19.0 Å². The highest BCUT2D eigenvalue weighted by Crippen LogP contribution is 2.31. The molecule has 5 rings (SSSR count). The van der Waals surface area contributed by atoms with Crippen molar-refractivity contribution in [1.82, 2.24) is 4.90 Å². The van der Waals surface area contributed by atoms with Crippen LogP contribution in [-0.2, 0) is 32.8 Å². The molecule has 0 bridgehead atoms. The summed E-state index contributed by atoms with van der Waals surface area (Å²) in [5.74, 6) is -1.62. The quantitative estimate of drug-likeness (QED) is 0.122. The highest BCUT2D eigenvalue weighted by molar-refractivity contribution is 6.02. The first kappa shape index (κ1) is 35.1. The minimum Gasteiger partial charge on any atom is -0.378 e. The van der Waals surface area contributed by atoms with Crippen molar-refractivity contribution in [3.63, 3.8) is 0 Å². The molecule has 6 nitrogen and oxygen atoms in total. The Bertz CT molecular complexity index is 1460. The highest BCUT2D eigenvalue weighted by Gasteiger charge is 2.41. The number of anilines is 1. The molecule has 0 radical (unpaired) electrons. The van der Waals surface area contributed by atoms with Crippen LogP contribution in [0.3, 0.4) is 0 Å². The molecule has 0 N–H and O–H groups in total. The lowest BCUT2D eigenvalue weighted by atomic mass is 9.81. The van der Waals surface area contributed by atoms with Crippen molar-refractivity contribution in [1.29, 1.82) is 0 Å². The van der Waals surface area contributed by atoms with Gasteiger partial charge in [0.2, 0.25) is 5.78 Å². The Kier molecular flexibility index (Phi) is 12.7. The van der Waals surface area contributed by atoms with Gasteiger partial charge in [-0.15, -0.1) is 0 Å². The molecule has 0 saturated carbocycles. The van der Waals surface area contributed by atoms with Crippen molar-refractivity contribution in [2.75, 3.05) is 59.5 Å². The Morgan fingerprint density at radius 2 is 1.26 bits per heavy atom. The van der Waals surface area contributed by atoms with Gasteiger partial charge in [-0.1, -0.05) is 110 Å². The van der Waals surface area contributed by atoms with Crippen LogP contribution in [0.2, 0.25) is 0 Å². The minimum absolute atomic E-state index is 0.135. The summed E-state index contributed by atoms with van der Waals surface area (Å²) in [6, 6.07) is 36.4. The van der Waals surface area contributed by atoms with Crippen molar-refractivity contribution in [3.05, 3.63) is 137 Å². The lowest BCUT2D eigenvalue weighted by Gasteiger charge is -2.40. The Hall–Kier alpha value is -3.81. The Morgan fingerprint density at radius 3 is 1.74 bits per heavy atom. The maximum Gasteiger partial charge on any atom is 0.260 e. The van der Waals surface area contributed by atoms with Gasteiger partial charge in [-0.05, 0) is 63.5 Å². The second-order valence-electron chi connectivity index (χ2n) is 12.2. The smallest absolute Gasteiger partial charge is 0.260 e. The van der Waals surface area contributed by atoms with Gasteiger partial charge in [0.05, 0.1) is 13.2 Å². The van der Waals surface area contributed by atoms with Crippen LogP contribution in [0.25, 0.3) is 0 Å². The largest absolute Gasteiger partial charge is 0.378 e. The molecule has 0 aromatic heterocycles. The fraction of sp³-hybridized carbons (Fsp3) is 0.375. The van der Waals surface area contributed by atoms with Crippen LogP contribution in [-0.4, -0.2) is 70.8 Å². The van der Waals surface area contributed by atoms with E-state index in [0.29, 0.717) is 11.1 Å². The topological polar surface area (TPSA) is 51.2 Å². The van der Waals surface area contributed by atoms with Gasteiger partial charge < -0.3 is 24.0 Å². The standard InChI is InChI=1S/C24H34N2O.C16H16O3/c1-5-24(25(3)4,18-21-8-6-20(2)7-9-21)19-22-10-12-23(13-11-22)26-14-16-27-17-15-26;1-18-16(19-2,14-11-7-4-8-12-14)15(17)13-9-5-3-6-10-13/h6-13H,5,14-19H2,1-4H3;3-12H,1-2H3. The van der Waals surface area contributed by atoms with E-state index >= 15 is 0 Å². The highest BCUT2D eigenvalue weighted by atomic mass is 16.7. The predicted octanol–water partition coefficient (Wildman–Crippen LogP) is 7.34. The molecule has 6 heteroatoms. The van der Waals surface area contributed by atoms with Crippen LogP contribution in [0.4, 0.5) is 5.69 Å². The number of aryl methyl sites for hydroxylation is 1. The Balaban J connectivity index is 0.000000222. The van der Waals surface area contributed by atoms with E-state index in [2.05, 4.69) is 86.3 Å². The number of morpholine rings is 1. The fourth-order valence-electron chi connectivity index (χ4n) is 6.13. The number of methoxy groups -OCH3 is 2. The van der Waals surface area contributed by atoms with Crippen LogP contribution < -0.4 is 4.90 Å². The van der Waals surface area contributed by atoms with E-state index in [1.165, 1.54) is 36.6 Å². The molecule has 46 heavy (non-hydrogen) atoms. The number of hydrogen-bond acceptors (Lipinski definition) is 6. The van der Waals surface area contributed by atoms with Crippen LogP contribution in [0.5, 0.6) is 0 Å². The van der Waals surface area contributed by atoms with E-state index < -0.39 is 5.79 Å². The summed E-state index contributed by atoms with van der Waals surface area (Å²) in [6.45, 7) is 8.11. The summed E-state index contributed by atoms with van der Waals surface area (Å²) in [4.78, 5) is 17.5. The zero-order chi connectivity index (χ0) is 33.0. The van der Waals surface area contributed by atoms with E-state index in [1.807, 2.05) is 48.5 Å². The van der Waals surface area contributed by atoms with Crippen LogP contribution in [0.15, 0.2) is 109 Å². The number of hydrogen-bond donors (Lipinski definition) is 0. The molecule has 1 aliphatic heterocycles.